The fraction of sp³-hybridized carbons (Fsp3) is 0.400. The molecule has 1 saturated carbocycles. The number of nitrogen functional groups attached to an aromatic ring is 1. The molecule has 6 nitrogen and oxygen atoms in total. The molecule has 0 amide bonds. The number of hydrogen-bond acceptors (Lipinski definition) is 5. The van der Waals surface area contributed by atoms with Crippen LogP contribution < -0.4 is 11.1 Å². The van der Waals surface area contributed by atoms with Crippen molar-refractivity contribution in [2.75, 3.05) is 5.73 Å². The molecular formula is C25H34N6. The van der Waals surface area contributed by atoms with Gasteiger partial charge in [-0.25, -0.2) is 4.98 Å². The summed E-state index contributed by atoms with van der Waals surface area (Å²) in [5.74, 6) is 0.563. The summed E-state index contributed by atoms with van der Waals surface area (Å²) < 4.78 is 0. The van der Waals surface area contributed by atoms with E-state index in [0.717, 1.165) is 34.3 Å². The van der Waals surface area contributed by atoms with Crippen LogP contribution in [0, 0.1) is 5.92 Å². The van der Waals surface area contributed by atoms with Crippen LogP contribution in [-0.2, 0) is 0 Å². The number of aliphatic imine (C=N–C) groups is 1. The number of fused-ring (bicyclic) bond motifs is 1. The van der Waals surface area contributed by atoms with Crippen molar-refractivity contribution in [1.82, 2.24) is 20.3 Å². The Labute approximate surface area is 185 Å². The fourth-order valence-corrected chi connectivity index (χ4v) is 3.63. The van der Waals surface area contributed by atoms with Crippen molar-refractivity contribution in [3.63, 3.8) is 0 Å². The summed E-state index contributed by atoms with van der Waals surface area (Å²) in [7, 11) is 0. The topological polar surface area (TPSA) is 92.0 Å². The van der Waals surface area contributed by atoms with Crippen molar-refractivity contribution >= 4 is 28.3 Å². The van der Waals surface area contributed by atoms with E-state index in [1.165, 1.54) is 25.0 Å². The molecule has 0 spiro atoms. The first kappa shape index (κ1) is 22.5. The largest absolute Gasteiger partial charge is 0.384 e. The summed E-state index contributed by atoms with van der Waals surface area (Å²) in [5.41, 5.74) is 11.1. The molecule has 1 fully saturated rings. The van der Waals surface area contributed by atoms with E-state index >= 15 is 0 Å². The molecule has 0 radical (unpaired) electrons. The summed E-state index contributed by atoms with van der Waals surface area (Å²) >= 11 is 0. The summed E-state index contributed by atoms with van der Waals surface area (Å²) in [4.78, 5) is 15.8. The van der Waals surface area contributed by atoms with Gasteiger partial charge in [-0.15, -0.1) is 0 Å². The number of nitrogens with two attached hydrogens (primary N) is 1. The summed E-state index contributed by atoms with van der Waals surface area (Å²) in [6, 6.07) is 0. The standard InChI is InChI=1S/C16H17N5.C9H17N/c1-10-5-6-18-11(2)3-4-12(7-10)13-8-19-15-14(13)9-20-16(17)21-15;1-4-8(2)10-9(3)6-5-7-9/h3-10H,1-2H3,(H3,17,19,20,21);10H,2,4-7H2,1,3H3/b4-3-,6-5-,12-7+,18-11-;/t10-;/m0./s1. The van der Waals surface area contributed by atoms with Crippen LogP contribution in [0.5, 0.6) is 0 Å². The highest BCUT2D eigenvalue weighted by molar-refractivity contribution is 5.99. The Morgan fingerprint density at radius 1 is 1.35 bits per heavy atom. The smallest absolute Gasteiger partial charge is 0.221 e. The Morgan fingerprint density at radius 3 is 2.81 bits per heavy atom. The van der Waals surface area contributed by atoms with Gasteiger partial charge < -0.3 is 16.0 Å². The van der Waals surface area contributed by atoms with E-state index in [1.807, 2.05) is 25.4 Å². The third kappa shape index (κ3) is 5.94. The second-order valence-electron chi connectivity index (χ2n) is 8.62. The number of H-pyrrole nitrogens is 1. The number of hydrogen-bond donors (Lipinski definition) is 3. The van der Waals surface area contributed by atoms with Crippen molar-refractivity contribution in [3.05, 3.63) is 60.7 Å². The lowest BCUT2D eigenvalue weighted by molar-refractivity contribution is 0.226. The molecule has 2 aromatic rings. The van der Waals surface area contributed by atoms with Gasteiger partial charge in [0.2, 0.25) is 5.95 Å². The summed E-state index contributed by atoms with van der Waals surface area (Å²) in [6.07, 6.45) is 18.9. The molecule has 0 saturated heterocycles. The van der Waals surface area contributed by atoms with Crippen molar-refractivity contribution in [3.8, 4) is 0 Å². The van der Waals surface area contributed by atoms with Crippen LogP contribution in [0.25, 0.3) is 16.6 Å². The predicted octanol–water partition coefficient (Wildman–Crippen LogP) is 5.55. The SMILES string of the molecule is C=C(CC)NC1(C)CCC1.CC1=N/C=C\[C@H](C)\C=C(c2c[nH]c3nc(N)ncc23)/C=C\1. The molecule has 0 unspecified atom stereocenters. The second kappa shape index (κ2) is 9.77. The van der Waals surface area contributed by atoms with E-state index < -0.39 is 0 Å². The third-order valence-electron chi connectivity index (χ3n) is 5.74. The molecule has 4 rings (SSSR count). The first-order chi connectivity index (χ1) is 14.8. The monoisotopic (exact) mass is 418 g/mol. The summed E-state index contributed by atoms with van der Waals surface area (Å²) in [6.45, 7) is 12.4. The highest BCUT2D eigenvalue weighted by atomic mass is 15.0. The van der Waals surface area contributed by atoms with E-state index in [-0.39, 0.29) is 5.95 Å². The maximum absolute atomic E-state index is 5.62. The van der Waals surface area contributed by atoms with Crippen LogP contribution in [0.15, 0.2) is 60.2 Å². The van der Waals surface area contributed by atoms with Crippen molar-refractivity contribution in [2.24, 2.45) is 10.9 Å². The van der Waals surface area contributed by atoms with Crippen LogP contribution in [0.3, 0.4) is 0 Å². The number of aromatic amines is 1. The molecule has 1 aliphatic carbocycles. The Morgan fingerprint density at radius 2 is 2.13 bits per heavy atom. The Bertz CT molecular complexity index is 1050. The van der Waals surface area contributed by atoms with Crippen LogP contribution >= 0.6 is 0 Å². The van der Waals surface area contributed by atoms with Crippen LogP contribution in [0.1, 0.15) is 58.9 Å². The zero-order valence-electron chi connectivity index (χ0n) is 19.1. The molecular weight excluding hydrogens is 384 g/mol. The molecule has 31 heavy (non-hydrogen) atoms. The van der Waals surface area contributed by atoms with Gasteiger partial charge in [0.05, 0.1) is 0 Å². The molecule has 2 aliphatic rings. The van der Waals surface area contributed by atoms with Gasteiger partial charge in [-0.1, -0.05) is 38.7 Å². The molecule has 1 atom stereocenters. The minimum absolute atomic E-state index is 0.272. The van der Waals surface area contributed by atoms with E-state index in [4.69, 9.17) is 5.73 Å². The molecule has 164 valence electrons. The van der Waals surface area contributed by atoms with Gasteiger partial charge in [-0.2, -0.15) is 4.98 Å². The lowest BCUT2D eigenvalue weighted by atomic mass is 9.78. The molecule has 6 heteroatoms. The van der Waals surface area contributed by atoms with Crippen LogP contribution in [0.4, 0.5) is 5.95 Å². The van der Waals surface area contributed by atoms with E-state index in [0.29, 0.717) is 11.5 Å². The summed E-state index contributed by atoms with van der Waals surface area (Å²) in [5, 5.41) is 4.41. The van der Waals surface area contributed by atoms with Gasteiger partial charge in [0, 0.05) is 46.5 Å². The average molecular weight is 419 g/mol. The second-order valence-corrected chi connectivity index (χ2v) is 8.62. The lowest BCUT2D eigenvalue weighted by Crippen LogP contribution is -2.47. The Balaban J connectivity index is 0.000000229. The van der Waals surface area contributed by atoms with Crippen molar-refractivity contribution < 1.29 is 0 Å². The van der Waals surface area contributed by atoms with Crippen LogP contribution in [0.2, 0.25) is 0 Å². The maximum atomic E-state index is 5.62. The van der Waals surface area contributed by atoms with Gasteiger partial charge in [-0.05, 0) is 57.1 Å². The van der Waals surface area contributed by atoms with Gasteiger partial charge in [-0.3, -0.25) is 4.99 Å². The highest BCUT2D eigenvalue weighted by Crippen LogP contribution is 2.32. The lowest BCUT2D eigenvalue weighted by Gasteiger charge is -2.40. The molecule has 2 aromatic heterocycles. The third-order valence-corrected chi connectivity index (χ3v) is 5.74. The van der Waals surface area contributed by atoms with Gasteiger partial charge in [0.15, 0.2) is 0 Å². The molecule has 0 aromatic carbocycles. The van der Waals surface area contributed by atoms with Gasteiger partial charge >= 0.3 is 0 Å². The van der Waals surface area contributed by atoms with Crippen molar-refractivity contribution in [2.45, 2.75) is 58.9 Å². The number of aromatic nitrogens is 3. The Kier molecular flexibility index (Phi) is 7.10. The number of rotatable bonds is 4. The zero-order valence-corrected chi connectivity index (χ0v) is 19.1. The molecule has 0 bridgehead atoms. The molecule has 4 N–H and O–H groups in total. The maximum Gasteiger partial charge on any atom is 0.221 e. The number of anilines is 1. The first-order valence-corrected chi connectivity index (χ1v) is 11.0. The quantitative estimate of drug-likeness (QED) is 0.607. The molecule has 3 heterocycles. The number of nitrogens with one attached hydrogen (secondary N) is 2. The fourth-order valence-electron chi connectivity index (χ4n) is 3.63. The zero-order chi connectivity index (χ0) is 22.4. The normalized spacial score (nSPS) is 25.1. The van der Waals surface area contributed by atoms with Crippen molar-refractivity contribution in [1.29, 1.82) is 0 Å². The highest BCUT2D eigenvalue weighted by Gasteiger charge is 2.31. The van der Waals surface area contributed by atoms with E-state index in [1.54, 1.807) is 6.20 Å². The predicted molar refractivity (Wildman–Crippen MR) is 132 cm³/mol. The molecule has 1 aliphatic heterocycles. The first-order valence-electron chi connectivity index (χ1n) is 11.0. The average Bonchev–Trinajstić information content (AvgIpc) is 3.15. The number of nitrogens with zero attached hydrogens (tertiary/aromatic N) is 3. The van der Waals surface area contributed by atoms with E-state index in [2.05, 4.69) is 70.8 Å². The Hall–Kier alpha value is -3.15. The minimum atomic E-state index is 0.272. The number of allylic oxidation sites excluding steroid dienone is 6. The van der Waals surface area contributed by atoms with Gasteiger partial charge in [0.1, 0.15) is 5.65 Å². The van der Waals surface area contributed by atoms with Crippen LogP contribution in [-0.4, -0.2) is 26.2 Å². The van der Waals surface area contributed by atoms with E-state index in [9.17, 15) is 0 Å². The van der Waals surface area contributed by atoms with Gasteiger partial charge in [0.25, 0.3) is 0 Å². The minimum Gasteiger partial charge on any atom is -0.384 e.